The number of nitrogens with zero attached hydrogens (tertiary/aromatic N) is 3. The lowest BCUT2D eigenvalue weighted by atomic mass is 10.1. The first kappa shape index (κ1) is 22.4. The zero-order valence-corrected chi connectivity index (χ0v) is 18.1. The van der Waals surface area contributed by atoms with E-state index in [0.29, 0.717) is 18.2 Å². The van der Waals surface area contributed by atoms with E-state index in [1.54, 1.807) is 0 Å². The largest absolute Gasteiger partial charge is 0.376 e. The highest BCUT2D eigenvalue weighted by Crippen LogP contribution is 2.18. The number of hydrogen-bond acceptors (Lipinski definition) is 4. The third-order valence-corrected chi connectivity index (χ3v) is 5.85. The number of rotatable bonds is 9. The molecule has 0 amide bonds. The molecule has 27 heavy (non-hydrogen) atoms. The Kier molecular flexibility index (Phi) is 10.5. The number of guanidine groups is 1. The monoisotopic (exact) mass is 382 g/mol. The van der Waals surface area contributed by atoms with Crippen molar-refractivity contribution in [3.8, 4) is 0 Å². The number of ether oxygens (including phenoxy) is 2. The molecule has 1 unspecified atom stereocenters. The molecule has 0 spiro atoms. The Morgan fingerprint density at radius 3 is 2.63 bits per heavy atom. The van der Waals surface area contributed by atoms with Crippen LogP contribution in [0.15, 0.2) is 4.99 Å². The quantitative estimate of drug-likeness (QED) is 0.377. The Balaban J connectivity index is 1.57. The van der Waals surface area contributed by atoms with Crippen LogP contribution in [-0.2, 0) is 9.47 Å². The molecule has 0 aromatic carbocycles. The molecule has 6 heteroatoms. The van der Waals surface area contributed by atoms with Gasteiger partial charge in [0.1, 0.15) is 0 Å². The zero-order valence-electron chi connectivity index (χ0n) is 18.1. The van der Waals surface area contributed by atoms with E-state index in [2.05, 4.69) is 41.0 Å². The van der Waals surface area contributed by atoms with Gasteiger partial charge in [0.25, 0.3) is 0 Å². The molecular formula is C21H42N4O2. The molecule has 0 saturated carbocycles. The van der Waals surface area contributed by atoms with Gasteiger partial charge in [-0.15, -0.1) is 0 Å². The number of hydrogen-bond donors (Lipinski definition) is 1. The maximum absolute atomic E-state index is 6.12. The fraction of sp³-hybridized carbons (Fsp3) is 0.952. The van der Waals surface area contributed by atoms with Crippen molar-refractivity contribution < 1.29 is 9.47 Å². The van der Waals surface area contributed by atoms with Crippen molar-refractivity contribution in [3.05, 3.63) is 0 Å². The summed E-state index contributed by atoms with van der Waals surface area (Å²) in [5.41, 5.74) is 0. The van der Waals surface area contributed by atoms with E-state index in [-0.39, 0.29) is 0 Å². The highest BCUT2D eigenvalue weighted by Gasteiger charge is 2.23. The maximum Gasteiger partial charge on any atom is 0.193 e. The second kappa shape index (κ2) is 12.6. The van der Waals surface area contributed by atoms with E-state index in [1.165, 1.54) is 25.7 Å². The summed E-state index contributed by atoms with van der Waals surface area (Å²) in [6.07, 6.45) is 8.88. The fourth-order valence-electron chi connectivity index (χ4n) is 3.69. The first-order valence-electron chi connectivity index (χ1n) is 11.0. The molecule has 2 aliphatic heterocycles. The van der Waals surface area contributed by atoms with E-state index >= 15 is 0 Å². The van der Waals surface area contributed by atoms with Gasteiger partial charge in [0.2, 0.25) is 0 Å². The molecule has 0 radical (unpaired) electrons. The van der Waals surface area contributed by atoms with Crippen LogP contribution in [0.5, 0.6) is 0 Å². The SMILES string of the molecule is CN=C(NCCCCN(C)C(C)C)N1CCC(OCC2CCCCO2)CC1. The van der Waals surface area contributed by atoms with Gasteiger partial charge >= 0.3 is 0 Å². The number of nitrogens with one attached hydrogen (secondary N) is 1. The molecule has 2 heterocycles. The summed E-state index contributed by atoms with van der Waals surface area (Å²) in [4.78, 5) is 9.25. The summed E-state index contributed by atoms with van der Waals surface area (Å²) in [6, 6.07) is 0.624. The van der Waals surface area contributed by atoms with Crippen LogP contribution >= 0.6 is 0 Å². The van der Waals surface area contributed by atoms with Crippen molar-refractivity contribution in [1.82, 2.24) is 15.1 Å². The molecular weight excluding hydrogens is 340 g/mol. The Morgan fingerprint density at radius 1 is 1.22 bits per heavy atom. The molecule has 2 aliphatic rings. The highest BCUT2D eigenvalue weighted by atomic mass is 16.5. The Morgan fingerprint density at radius 2 is 2.00 bits per heavy atom. The van der Waals surface area contributed by atoms with Gasteiger partial charge in [-0.25, -0.2) is 0 Å². The van der Waals surface area contributed by atoms with Crippen LogP contribution in [0.25, 0.3) is 0 Å². The molecule has 158 valence electrons. The molecule has 0 aromatic rings. The standard InChI is InChI=1S/C21H42N4O2/c1-18(2)24(4)13-7-6-12-23-21(22-3)25-14-10-19(11-15-25)27-17-20-9-5-8-16-26-20/h18-20H,5-17H2,1-4H3,(H,22,23). The molecule has 2 rings (SSSR count). The average molecular weight is 383 g/mol. The van der Waals surface area contributed by atoms with Gasteiger partial charge in [-0.05, 0) is 72.4 Å². The second-order valence-electron chi connectivity index (χ2n) is 8.26. The van der Waals surface area contributed by atoms with Gasteiger partial charge in [-0.3, -0.25) is 4.99 Å². The smallest absolute Gasteiger partial charge is 0.193 e. The van der Waals surface area contributed by atoms with Crippen LogP contribution in [0.1, 0.15) is 58.8 Å². The summed E-state index contributed by atoms with van der Waals surface area (Å²) >= 11 is 0. The molecule has 0 bridgehead atoms. The van der Waals surface area contributed by atoms with Gasteiger partial charge in [0, 0.05) is 39.3 Å². The lowest BCUT2D eigenvalue weighted by Crippen LogP contribution is -2.47. The molecule has 6 nitrogen and oxygen atoms in total. The number of unbranched alkanes of at least 4 members (excludes halogenated alkanes) is 1. The Labute approximate surface area is 166 Å². The van der Waals surface area contributed by atoms with Crippen molar-refractivity contribution in [2.24, 2.45) is 4.99 Å². The van der Waals surface area contributed by atoms with Crippen molar-refractivity contribution >= 4 is 5.96 Å². The fourth-order valence-corrected chi connectivity index (χ4v) is 3.69. The van der Waals surface area contributed by atoms with E-state index < -0.39 is 0 Å². The van der Waals surface area contributed by atoms with Crippen LogP contribution in [0, 0.1) is 0 Å². The van der Waals surface area contributed by atoms with E-state index in [0.717, 1.165) is 64.6 Å². The van der Waals surface area contributed by atoms with Crippen LogP contribution in [0.2, 0.25) is 0 Å². The molecule has 2 saturated heterocycles. The lowest BCUT2D eigenvalue weighted by Gasteiger charge is -2.35. The number of likely N-dealkylation sites (tertiary alicyclic amines) is 1. The summed E-state index contributed by atoms with van der Waals surface area (Å²) in [5, 5.41) is 3.54. The molecule has 0 aromatic heterocycles. The van der Waals surface area contributed by atoms with Gasteiger partial charge < -0.3 is 24.6 Å². The molecule has 2 fully saturated rings. The Hall–Kier alpha value is -0.850. The molecule has 1 atom stereocenters. The second-order valence-corrected chi connectivity index (χ2v) is 8.26. The minimum Gasteiger partial charge on any atom is -0.376 e. The first-order valence-corrected chi connectivity index (χ1v) is 11.0. The number of aliphatic imine (C=N–C) groups is 1. The topological polar surface area (TPSA) is 49.3 Å². The lowest BCUT2D eigenvalue weighted by molar-refractivity contribution is -0.0721. The van der Waals surface area contributed by atoms with Crippen molar-refractivity contribution in [3.63, 3.8) is 0 Å². The summed E-state index contributed by atoms with van der Waals surface area (Å²) in [5.74, 6) is 1.04. The Bertz CT molecular complexity index is 416. The van der Waals surface area contributed by atoms with E-state index in [1.807, 2.05) is 7.05 Å². The summed E-state index contributed by atoms with van der Waals surface area (Å²) < 4.78 is 11.9. The van der Waals surface area contributed by atoms with Crippen LogP contribution in [0.3, 0.4) is 0 Å². The minimum absolute atomic E-state index is 0.320. The van der Waals surface area contributed by atoms with Gasteiger partial charge in [0.05, 0.1) is 18.8 Å². The van der Waals surface area contributed by atoms with Gasteiger partial charge in [-0.2, -0.15) is 0 Å². The normalized spacial score (nSPS) is 22.7. The third-order valence-electron chi connectivity index (χ3n) is 5.85. The predicted octanol–water partition coefficient (Wildman–Crippen LogP) is 2.73. The minimum atomic E-state index is 0.320. The summed E-state index contributed by atoms with van der Waals surface area (Å²) in [6.45, 7) is 10.4. The third kappa shape index (κ3) is 8.36. The highest BCUT2D eigenvalue weighted by molar-refractivity contribution is 5.79. The van der Waals surface area contributed by atoms with Crippen LogP contribution < -0.4 is 5.32 Å². The number of piperidine rings is 1. The average Bonchev–Trinajstić information content (AvgIpc) is 2.70. The van der Waals surface area contributed by atoms with Crippen LogP contribution in [-0.4, -0.2) is 87.5 Å². The maximum atomic E-state index is 6.12. The molecule has 0 aliphatic carbocycles. The first-order chi connectivity index (χ1) is 13.1. The van der Waals surface area contributed by atoms with Crippen LogP contribution in [0.4, 0.5) is 0 Å². The van der Waals surface area contributed by atoms with E-state index in [9.17, 15) is 0 Å². The van der Waals surface area contributed by atoms with Gasteiger partial charge in [-0.1, -0.05) is 0 Å². The van der Waals surface area contributed by atoms with E-state index in [4.69, 9.17) is 9.47 Å². The summed E-state index contributed by atoms with van der Waals surface area (Å²) in [7, 11) is 4.08. The van der Waals surface area contributed by atoms with Crippen molar-refractivity contribution in [1.29, 1.82) is 0 Å². The van der Waals surface area contributed by atoms with Crippen molar-refractivity contribution in [2.45, 2.75) is 77.0 Å². The molecule has 1 N–H and O–H groups in total. The zero-order chi connectivity index (χ0) is 19.5. The van der Waals surface area contributed by atoms with Crippen molar-refractivity contribution in [2.75, 3.05) is 53.5 Å². The van der Waals surface area contributed by atoms with Gasteiger partial charge in [0.15, 0.2) is 5.96 Å². The predicted molar refractivity (Wildman–Crippen MR) is 112 cm³/mol.